The van der Waals surface area contributed by atoms with E-state index in [1.165, 1.54) is 19.5 Å². The van der Waals surface area contributed by atoms with Crippen molar-refractivity contribution in [3.63, 3.8) is 0 Å². The fourth-order valence-corrected chi connectivity index (χ4v) is 1.36. The molecule has 2 rings (SSSR count). The van der Waals surface area contributed by atoms with Crippen LogP contribution in [0.15, 0.2) is 18.5 Å². The van der Waals surface area contributed by atoms with Gasteiger partial charge in [-0.3, -0.25) is 0 Å². The van der Waals surface area contributed by atoms with Crippen molar-refractivity contribution in [1.82, 2.24) is 9.97 Å². The second-order valence-corrected chi connectivity index (χ2v) is 2.75. The van der Waals surface area contributed by atoms with Gasteiger partial charge in [-0.15, -0.1) is 0 Å². The Morgan fingerprint density at radius 1 is 1.57 bits per heavy atom. The van der Waals surface area contributed by atoms with Gasteiger partial charge in [0.1, 0.15) is 11.1 Å². The average molecular weight is 192 g/mol. The van der Waals surface area contributed by atoms with E-state index in [9.17, 15) is 4.79 Å². The Morgan fingerprint density at radius 3 is 3.00 bits per heavy atom. The molecule has 2 N–H and O–H groups in total. The third-order valence-corrected chi connectivity index (χ3v) is 1.98. The lowest BCUT2D eigenvalue weighted by Crippen LogP contribution is -2.00. The molecule has 0 atom stereocenters. The van der Waals surface area contributed by atoms with Crippen molar-refractivity contribution in [3.8, 4) is 5.75 Å². The molecule has 1 aromatic heterocycles. The van der Waals surface area contributed by atoms with Crippen molar-refractivity contribution in [3.05, 3.63) is 24.0 Å². The summed E-state index contributed by atoms with van der Waals surface area (Å²) in [5.74, 6) is -0.733. The Hall–Kier alpha value is -2.04. The molecule has 0 radical (unpaired) electrons. The maximum Gasteiger partial charge on any atom is 0.339 e. The van der Waals surface area contributed by atoms with Crippen LogP contribution in [0.2, 0.25) is 0 Å². The lowest BCUT2D eigenvalue weighted by Gasteiger charge is -2.04. The number of nitrogens with zero attached hydrogens (tertiary/aromatic N) is 1. The van der Waals surface area contributed by atoms with Crippen LogP contribution in [0.25, 0.3) is 11.0 Å². The van der Waals surface area contributed by atoms with Gasteiger partial charge in [0, 0.05) is 0 Å². The van der Waals surface area contributed by atoms with Crippen molar-refractivity contribution in [2.75, 3.05) is 7.11 Å². The second kappa shape index (κ2) is 3.02. The number of hydrogen-bond acceptors (Lipinski definition) is 3. The molecular formula is C9H8N2O3. The van der Waals surface area contributed by atoms with E-state index < -0.39 is 5.97 Å². The molecule has 1 heterocycles. The summed E-state index contributed by atoms with van der Waals surface area (Å²) in [6.45, 7) is 0. The van der Waals surface area contributed by atoms with E-state index in [0.29, 0.717) is 5.52 Å². The first-order chi connectivity index (χ1) is 6.74. The van der Waals surface area contributed by atoms with Crippen LogP contribution in [0, 0.1) is 0 Å². The van der Waals surface area contributed by atoms with Gasteiger partial charge in [0.05, 0.1) is 19.0 Å². The van der Waals surface area contributed by atoms with E-state index in [0.717, 1.165) is 5.52 Å². The summed E-state index contributed by atoms with van der Waals surface area (Å²) in [6.07, 6.45) is 1.50. The summed E-state index contributed by atoms with van der Waals surface area (Å²) in [7, 11) is 1.43. The van der Waals surface area contributed by atoms with E-state index in [-0.39, 0.29) is 11.3 Å². The van der Waals surface area contributed by atoms with Crippen LogP contribution in [0.3, 0.4) is 0 Å². The number of H-pyrrole nitrogens is 1. The zero-order valence-electron chi connectivity index (χ0n) is 7.44. The molecule has 72 valence electrons. The maximum atomic E-state index is 10.8. The van der Waals surface area contributed by atoms with Gasteiger partial charge in [-0.1, -0.05) is 0 Å². The molecule has 0 aliphatic heterocycles. The molecule has 2 aromatic rings. The Labute approximate surface area is 79.3 Å². The second-order valence-electron chi connectivity index (χ2n) is 2.75. The fraction of sp³-hybridized carbons (Fsp3) is 0.111. The van der Waals surface area contributed by atoms with E-state index in [2.05, 4.69) is 9.97 Å². The van der Waals surface area contributed by atoms with Gasteiger partial charge in [-0.25, -0.2) is 9.78 Å². The molecule has 14 heavy (non-hydrogen) atoms. The smallest absolute Gasteiger partial charge is 0.339 e. The Bertz CT molecular complexity index is 490. The van der Waals surface area contributed by atoms with Gasteiger partial charge in [0.25, 0.3) is 0 Å². The predicted molar refractivity (Wildman–Crippen MR) is 49.6 cm³/mol. The quantitative estimate of drug-likeness (QED) is 0.751. The molecule has 5 heteroatoms. The van der Waals surface area contributed by atoms with Crippen molar-refractivity contribution >= 4 is 17.0 Å². The number of aromatic carboxylic acids is 1. The van der Waals surface area contributed by atoms with Crippen molar-refractivity contribution in [1.29, 1.82) is 0 Å². The number of aromatic nitrogens is 2. The van der Waals surface area contributed by atoms with Gasteiger partial charge < -0.3 is 14.8 Å². The zero-order chi connectivity index (χ0) is 10.1. The highest BCUT2D eigenvalue weighted by Gasteiger charge is 2.15. The predicted octanol–water partition coefficient (Wildman–Crippen LogP) is 1.27. The van der Waals surface area contributed by atoms with Gasteiger partial charge in [0.15, 0.2) is 5.75 Å². The Morgan fingerprint density at radius 2 is 2.36 bits per heavy atom. The molecule has 0 amide bonds. The van der Waals surface area contributed by atoms with Crippen LogP contribution < -0.4 is 4.74 Å². The van der Waals surface area contributed by atoms with Crippen molar-refractivity contribution in [2.24, 2.45) is 0 Å². The number of rotatable bonds is 2. The number of hydrogen-bond donors (Lipinski definition) is 2. The number of imidazole rings is 1. The van der Waals surface area contributed by atoms with Crippen LogP contribution in [0.5, 0.6) is 5.75 Å². The number of nitrogens with one attached hydrogen (secondary N) is 1. The van der Waals surface area contributed by atoms with Crippen LogP contribution in [-0.2, 0) is 0 Å². The topological polar surface area (TPSA) is 75.2 Å². The minimum atomic E-state index is -1.02. The highest BCUT2D eigenvalue weighted by atomic mass is 16.5. The number of carboxylic acid groups (broad SMARTS) is 1. The molecule has 0 bridgehead atoms. The Balaban J connectivity index is 2.78. The number of carbonyl (C=O) groups is 1. The number of carboxylic acids is 1. The molecule has 0 spiro atoms. The third kappa shape index (κ3) is 1.10. The number of ether oxygens (including phenoxy) is 1. The number of aromatic amines is 1. The summed E-state index contributed by atoms with van der Waals surface area (Å²) < 4.78 is 5.01. The van der Waals surface area contributed by atoms with E-state index in [4.69, 9.17) is 9.84 Å². The molecule has 0 unspecified atom stereocenters. The Kier molecular flexibility index (Phi) is 1.85. The van der Waals surface area contributed by atoms with Crippen LogP contribution >= 0.6 is 0 Å². The lowest BCUT2D eigenvalue weighted by atomic mass is 10.2. The van der Waals surface area contributed by atoms with Gasteiger partial charge >= 0.3 is 5.97 Å². The van der Waals surface area contributed by atoms with E-state index in [1.807, 2.05) is 0 Å². The molecule has 5 nitrogen and oxygen atoms in total. The van der Waals surface area contributed by atoms with Crippen LogP contribution in [-0.4, -0.2) is 28.2 Å². The van der Waals surface area contributed by atoms with E-state index >= 15 is 0 Å². The summed E-state index contributed by atoms with van der Waals surface area (Å²) in [4.78, 5) is 17.7. The molecule has 0 saturated heterocycles. The standard InChI is InChI=1S/C9H8N2O3/c1-14-8-5(9(12)13)2-3-6-7(8)11-4-10-6/h2-4H,1H3,(H,10,11)(H,12,13). The van der Waals surface area contributed by atoms with Crippen LogP contribution in [0.1, 0.15) is 10.4 Å². The minimum absolute atomic E-state index is 0.118. The molecule has 0 saturated carbocycles. The monoisotopic (exact) mass is 192 g/mol. The third-order valence-electron chi connectivity index (χ3n) is 1.98. The first-order valence-corrected chi connectivity index (χ1v) is 3.97. The SMILES string of the molecule is COc1c(C(=O)O)ccc2[nH]cnc12. The van der Waals surface area contributed by atoms with E-state index in [1.54, 1.807) is 6.07 Å². The molecule has 0 aliphatic rings. The van der Waals surface area contributed by atoms with Crippen molar-refractivity contribution in [2.45, 2.75) is 0 Å². The van der Waals surface area contributed by atoms with Gasteiger partial charge in [-0.2, -0.15) is 0 Å². The molecular weight excluding hydrogens is 184 g/mol. The van der Waals surface area contributed by atoms with Gasteiger partial charge in [-0.05, 0) is 12.1 Å². The van der Waals surface area contributed by atoms with Crippen LogP contribution in [0.4, 0.5) is 0 Å². The first-order valence-electron chi connectivity index (χ1n) is 3.97. The molecule has 1 aromatic carbocycles. The number of fused-ring (bicyclic) bond motifs is 1. The first kappa shape index (κ1) is 8.55. The average Bonchev–Trinajstić information content (AvgIpc) is 2.63. The van der Waals surface area contributed by atoms with Crippen molar-refractivity contribution < 1.29 is 14.6 Å². The largest absolute Gasteiger partial charge is 0.493 e. The fourth-order valence-electron chi connectivity index (χ4n) is 1.36. The number of benzene rings is 1. The summed E-state index contributed by atoms with van der Waals surface area (Å²) in [5, 5.41) is 8.88. The highest BCUT2D eigenvalue weighted by Crippen LogP contribution is 2.26. The highest BCUT2D eigenvalue weighted by molar-refractivity contribution is 5.98. The maximum absolute atomic E-state index is 10.8. The zero-order valence-corrected chi connectivity index (χ0v) is 7.44. The number of methoxy groups -OCH3 is 1. The summed E-state index contributed by atoms with van der Waals surface area (Å²) in [5.41, 5.74) is 1.41. The molecule has 0 aliphatic carbocycles. The summed E-state index contributed by atoms with van der Waals surface area (Å²) >= 11 is 0. The summed E-state index contributed by atoms with van der Waals surface area (Å²) in [6, 6.07) is 3.15. The lowest BCUT2D eigenvalue weighted by molar-refractivity contribution is 0.0693. The molecule has 0 fully saturated rings. The minimum Gasteiger partial charge on any atom is -0.493 e. The van der Waals surface area contributed by atoms with Gasteiger partial charge in [0.2, 0.25) is 0 Å². The normalized spacial score (nSPS) is 10.4.